The number of likely N-dealkylation sites (tertiary alicyclic amines) is 1. The van der Waals surface area contributed by atoms with Gasteiger partial charge >= 0.3 is 23.8 Å². The zero-order chi connectivity index (χ0) is 40.1. The number of hydrogen-bond acceptors (Lipinski definition) is 8. The number of carboxylic acid groups (broad SMARTS) is 3. The molecule has 0 aliphatic carbocycles. The Kier molecular flexibility index (Phi) is 4.37. The van der Waals surface area contributed by atoms with Gasteiger partial charge in [-0.15, -0.1) is 0 Å². The zero-order valence-electron chi connectivity index (χ0n) is 32.9. The summed E-state index contributed by atoms with van der Waals surface area (Å²) in [6.45, 7) is -10.4. The average Bonchev–Trinajstić information content (AvgIpc) is 3.38. The number of anilines is 1. The second kappa shape index (κ2) is 11.9. The van der Waals surface area contributed by atoms with Crippen molar-refractivity contribution in [1.82, 2.24) is 19.9 Å². The summed E-state index contributed by atoms with van der Waals surface area (Å²) in [6, 6.07) is -3.09. The van der Waals surface area contributed by atoms with Crippen LogP contribution in [0.4, 0.5) is 5.82 Å². The maximum atomic E-state index is 12.9. The van der Waals surface area contributed by atoms with Crippen LogP contribution in [0.5, 0.6) is 0 Å². The van der Waals surface area contributed by atoms with Crippen molar-refractivity contribution in [2.24, 2.45) is 5.89 Å². The Hall–Kier alpha value is -4.25. The maximum Gasteiger partial charge on any atom is 0.336 e. The lowest BCUT2D eigenvalue weighted by atomic mass is 9.92. The Morgan fingerprint density at radius 2 is 2.06 bits per heavy atom. The predicted molar refractivity (Wildman–Crippen MR) is 125 cm³/mol. The van der Waals surface area contributed by atoms with Crippen molar-refractivity contribution in [3.05, 3.63) is 30.0 Å². The molecule has 2 aromatic heterocycles. The first-order chi connectivity index (χ1) is 22.7. The van der Waals surface area contributed by atoms with Crippen LogP contribution < -0.4 is 4.90 Å². The largest absolute Gasteiger partial charge is 0.481 e. The number of aromatic amines is 1. The third-order valence-corrected chi connectivity index (χ3v) is 4.22. The van der Waals surface area contributed by atoms with Crippen molar-refractivity contribution in [2.45, 2.75) is 37.7 Å². The van der Waals surface area contributed by atoms with Crippen LogP contribution in [-0.2, 0) is 19.2 Å². The highest BCUT2D eigenvalue weighted by atomic mass is 16.4. The highest BCUT2D eigenvalue weighted by molar-refractivity contribution is 5.88. The number of fused-ring (bicyclic) bond motifs is 1. The molecule has 3 heterocycles. The van der Waals surface area contributed by atoms with Crippen molar-refractivity contribution in [3.63, 3.8) is 0 Å². The Bertz CT molecular complexity index is 1740. The summed E-state index contributed by atoms with van der Waals surface area (Å²) < 4.78 is 125. The third-order valence-electron chi connectivity index (χ3n) is 4.22. The van der Waals surface area contributed by atoms with E-state index in [-0.39, 0.29) is 15.9 Å². The first-order valence-corrected chi connectivity index (χ1v) is 9.42. The lowest BCUT2D eigenvalue weighted by Gasteiger charge is -2.41. The number of hydrogen-bond donors (Lipinski definition) is 5. The predicted octanol–water partition coefficient (Wildman–Crippen LogP) is 0.302. The fraction of sp³-hybridized carbons (Fsp3) is 0.500. The topological polar surface area (TPSA) is 202 Å². The fourth-order valence-electron chi connectivity index (χ4n) is 2.59. The van der Waals surface area contributed by atoms with Crippen LogP contribution in [0.1, 0.15) is 46.6 Å². The number of carboxylic acids is 3. The average molecular weight is 520 g/mol. The van der Waals surface area contributed by atoms with Crippen LogP contribution in [0.25, 0.3) is 15.9 Å². The summed E-state index contributed by atoms with van der Waals surface area (Å²) in [4.78, 5) is 55.1. The number of amides is 1. The SMILES string of the molecule is O=C(O)CC(O)(CC(=O)O)C(=O)O.[2H]c1nc(N(C([2H])([2H])[2H])[C@@]2([2H])C([2H])([2H])N(C(=O)C[N+]#[C-])C([2H])([2H])C([2H])([2H])[C@@]2([2H])C([2H])([2H])[2H])c2cc[nH]c2n1. The van der Waals surface area contributed by atoms with Gasteiger partial charge in [0.15, 0.2) is 5.60 Å². The summed E-state index contributed by atoms with van der Waals surface area (Å²) in [5, 5.41) is 33.5. The number of aliphatic hydroxyl groups is 1. The molecule has 194 valence electrons. The lowest BCUT2D eigenvalue weighted by Crippen LogP contribution is -2.53. The van der Waals surface area contributed by atoms with E-state index in [0.29, 0.717) is 0 Å². The van der Waals surface area contributed by atoms with Gasteiger partial charge in [0.05, 0.1) is 28.4 Å². The maximum absolute atomic E-state index is 12.9. The van der Waals surface area contributed by atoms with Crippen LogP contribution >= 0.6 is 0 Å². The number of nitrogens with one attached hydrogen (secondary N) is 1. The fourth-order valence-corrected chi connectivity index (χ4v) is 2.59. The second-order valence-electron chi connectivity index (χ2n) is 6.82. The Morgan fingerprint density at radius 3 is 2.61 bits per heavy atom. The monoisotopic (exact) mass is 519 g/mol. The number of rotatable bonds is 8. The van der Waals surface area contributed by atoms with E-state index in [1.807, 2.05) is 0 Å². The van der Waals surface area contributed by atoms with E-state index in [0.717, 1.165) is 6.07 Å². The zero-order valence-corrected chi connectivity index (χ0v) is 17.9. The standard InChI is InChI=1S/C16H20N6O.C6H8O7/c1-11-5-7-22(14(23)8-17-2)9-13(11)21(3)16-12-4-6-18-15(12)19-10-20-16;7-3(8)1-6(13,5(11)12)2-4(9)10/h4,6,10-11,13H,5,7-9H2,1,3H3,(H,18,19,20);13H,1-2H2,(H,7,8)(H,9,10)(H,11,12)/t11-,13+;/m1./s1/i1D3,3D3,5D2,7D2,9D2,10D,11D,13D;. The molecule has 1 amide bonds. The number of aliphatic carboxylic acids is 3. The molecule has 0 aromatic carbocycles. The number of aromatic nitrogens is 3. The van der Waals surface area contributed by atoms with Crippen molar-refractivity contribution >= 4 is 40.7 Å². The van der Waals surface area contributed by atoms with Gasteiger partial charge in [0.1, 0.15) is 19.1 Å². The molecule has 1 aliphatic heterocycles. The third kappa shape index (κ3) is 6.89. The summed E-state index contributed by atoms with van der Waals surface area (Å²) >= 11 is 0. The minimum absolute atomic E-state index is 0.210. The van der Waals surface area contributed by atoms with E-state index in [9.17, 15) is 20.5 Å². The van der Waals surface area contributed by atoms with E-state index in [2.05, 4.69) is 19.8 Å². The molecule has 0 saturated carbocycles. The molecule has 0 unspecified atom stereocenters. The summed E-state index contributed by atoms with van der Waals surface area (Å²) in [5.41, 5.74) is -2.95. The number of carbonyl (C=O) groups is 4. The smallest absolute Gasteiger partial charge is 0.336 e. The highest BCUT2D eigenvalue weighted by Gasteiger charge is 2.40. The summed E-state index contributed by atoms with van der Waals surface area (Å²) in [7, 11) is 0. The first-order valence-electron chi connectivity index (χ1n) is 16.9. The minimum atomic E-state index is -4.29. The van der Waals surface area contributed by atoms with Gasteiger partial charge in [-0.1, -0.05) is 6.85 Å². The second-order valence-corrected chi connectivity index (χ2v) is 6.82. The Labute approximate surface area is 227 Å². The van der Waals surface area contributed by atoms with Gasteiger partial charge in [-0.05, 0) is 18.3 Å². The number of H-pyrrole nitrogens is 1. The lowest BCUT2D eigenvalue weighted by molar-refractivity contribution is -0.170. The van der Waals surface area contributed by atoms with Gasteiger partial charge in [-0.25, -0.2) is 21.3 Å². The van der Waals surface area contributed by atoms with Crippen molar-refractivity contribution in [3.8, 4) is 0 Å². The van der Waals surface area contributed by atoms with E-state index < -0.39 is 111 Å². The molecule has 1 aliphatic rings. The minimum Gasteiger partial charge on any atom is -0.481 e. The normalized spacial score (nSPS) is 32.6. The number of likely N-dealkylation sites (N-methyl/N-ethyl adjacent to an activating group) is 1. The van der Waals surface area contributed by atoms with Gasteiger partial charge in [0.25, 0.3) is 6.54 Å². The van der Waals surface area contributed by atoms with E-state index in [1.54, 1.807) is 0 Å². The molecule has 0 bridgehead atoms. The van der Waals surface area contributed by atoms with E-state index in [1.165, 1.54) is 6.20 Å². The molecule has 2 atom stereocenters. The summed E-state index contributed by atoms with van der Waals surface area (Å²) in [6.07, 6.45) is -6.14. The first kappa shape index (κ1) is 13.2. The molecule has 14 nitrogen and oxygen atoms in total. The molecule has 1 fully saturated rings. The van der Waals surface area contributed by atoms with Crippen LogP contribution in [0.2, 0.25) is 0 Å². The van der Waals surface area contributed by atoms with Crippen LogP contribution in [0.3, 0.4) is 0 Å². The molecule has 0 spiro atoms. The van der Waals surface area contributed by atoms with Crippen molar-refractivity contribution in [2.75, 3.05) is 31.4 Å². The Balaban J connectivity index is 0.000000588. The number of nitrogens with zero attached hydrogens (tertiary/aromatic N) is 5. The molecule has 0 radical (unpaired) electrons. The molecular formula is C22H28N6O8. The van der Waals surface area contributed by atoms with Gasteiger partial charge in [-0.3, -0.25) is 14.4 Å². The van der Waals surface area contributed by atoms with Crippen molar-refractivity contribution in [1.29, 1.82) is 0 Å². The van der Waals surface area contributed by atoms with Crippen molar-refractivity contribution < 1.29 is 60.2 Å². The quantitative estimate of drug-likeness (QED) is 0.300. The summed E-state index contributed by atoms with van der Waals surface area (Å²) in [5.74, 6) is -12.0. The molecule has 3 rings (SSSR count). The molecule has 36 heavy (non-hydrogen) atoms. The van der Waals surface area contributed by atoms with Gasteiger partial charge in [0.2, 0.25) is 0 Å². The molecule has 5 N–H and O–H groups in total. The Morgan fingerprint density at radius 1 is 1.36 bits per heavy atom. The number of carbonyl (C=O) groups excluding carboxylic acids is 1. The molecule has 1 saturated heterocycles. The van der Waals surface area contributed by atoms with Crippen LogP contribution in [0.15, 0.2) is 18.6 Å². The van der Waals surface area contributed by atoms with Gasteiger partial charge in [0, 0.05) is 41.2 Å². The molecule has 14 heteroatoms. The van der Waals surface area contributed by atoms with Crippen LogP contribution in [-0.4, -0.2) is 102 Å². The molecule has 2 aromatic rings. The molecular weight excluding hydrogens is 476 g/mol. The van der Waals surface area contributed by atoms with Gasteiger partial charge in [-0.2, -0.15) is 0 Å². The van der Waals surface area contributed by atoms with Crippen LogP contribution in [0, 0.1) is 12.5 Å². The van der Waals surface area contributed by atoms with Gasteiger partial charge < -0.3 is 40.1 Å². The highest BCUT2D eigenvalue weighted by Crippen LogP contribution is 2.28. The number of piperidine rings is 1. The van der Waals surface area contributed by atoms with E-state index in [4.69, 9.17) is 46.2 Å². The van der Waals surface area contributed by atoms with E-state index >= 15 is 0 Å².